The molecular formula is C19H25FN2O3. The van der Waals surface area contributed by atoms with Gasteiger partial charge in [-0.2, -0.15) is 0 Å². The lowest BCUT2D eigenvalue weighted by atomic mass is 9.68. The van der Waals surface area contributed by atoms with Gasteiger partial charge in [-0.1, -0.05) is 12.1 Å². The number of amides is 2. The summed E-state index contributed by atoms with van der Waals surface area (Å²) in [6.45, 7) is 7.25. The van der Waals surface area contributed by atoms with E-state index in [2.05, 4.69) is 5.32 Å². The molecule has 0 radical (unpaired) electrons. The number of hydrogen-bond acceptors (Lipinski definition) is 3. The second-order valence-electron chi connectivity index (χ2n) is 8.03. The minimum Gasteiger partial charge on any atom is -0.444 e. The Morgan fingerprint density at radius 3 is 2.40 bits per heavy atom. The standard InChI is InChI=1S/C19H25FN2O3/c1-18(2,3)25-17(24)22-10-8-19(9-11-22)12-21-16(23)15(19)13-4-6-14(20)7-5-13/h4-7,15H,8-12H2,1-3H3,(H,21,23)/t15-/m0/s1. The van der Waals surface area contributed by atoms with Crippen LogP contribution < -0.4 is 5.32 Å². The highest BCUT2D eigenvalue weighted by Gasteiger charge is 2.50. The number of rotatable bonds is 1. The first-order valence-electron chi connectivity index (χ1n) is 8.71. The number of carbonyl (C=O) groups excluding carboxylic acids is 2. The molecule has 5 nitrogen and oxygen atoms in total. The molecule has 0 saturated carbocycles. The summed E-state index contributed by atoms with van der Waals surface area (Å²) in [5.74, 6) is -0.623. The van der Waals surface area contributed by atoms with Crippen molar-refractivity contribution >= 4 is 12.0 Å². The van der Waals surface area contributed by atoms with Gasteiger partial charge in [-0.25, -0.2) is 9.18 Å². The highest BCUT2D eigenvalue weighted by molar-refractivity contribution is 5.87. The molecule has 0 bridgehead atoms. The summed E-state index contributed by atoms with van der Waals surface area (Å²) in [5.41, 5.74) is 0.0865. The Kier molecular flexibility index (Phi) is 4.47. The number of likely N-dealkylation sites (tertiary alicyclic amines) is 1. The second-order valence-corrected chi connectivity index (χ2v) is 8.03. The molecule has 3 rings (SSSR count). The molecule has 2 amide bonds. The Hall–Kier alpha value is -2.11. The van der Waals surface area contributed by atoms with E-state index >= 15 is 0 Å². The zero-order valence-corrected chi connectivity index (χ0v) is 15.0. The first-order chi connectivity index (χ1) is 11.7. The van der Waals surface area contributed by atoms with Gasteiger partial charge in [0.1, 0.15) is 11.4 Å². The summed E-state index contributed by atoms with van der Waals surface area (Å²) in [5, 5.41) is 2.96. The van der Waals surface area contributed by atoms with E-state index in [1.807, 2.05) is 20.8 Å². The van der Waals surface area contributed by atoms with Gasteiger partial charge in [-0.15, -0.1) is 0 Å². The second kappa shape index (κ2) is 6.32. The zero-order valence-electron chi connectivity index (χ0n) is 15.0. The molecule has 2 aliphatic rings. The summed E-state index contributed by atoms with van der Waals surface area (Å²) < 4.78 is 18.7. The van der Waals surface area contributed by atoms with Crippen molar-refractivity contribution in [2.45, 2.75) is 45.1 Å². The number of ether oxygens (including phenoxy) is 1. The van der Waals surface area contributed by atoms with Crippen LogP contribution in [0.25, 0.3) is 0 Å². The summed E-state index contributed by atoms with van der Waals surface area (Å²) in [7, 11) is 0. The number of piperidine rings is 1. The maximum atomic E-state index is 13.2. The fourth-order valence-corrected chi connectivity index (χ4v) is 3.83. The molecule has 6 heteroatoms. The highest BCUT2D eigenvalue weighted by atomic mass is 19.1. The largest absolute Gasteiger partial charge is 0.444 e. The van der Waals surface area contributed by atoms with E-state index < -0.39 is 5.60 Å². The smallest absolute Gasteiger partial charge is 0.410 e. The van der Waals surface area contributed by atoms with E-state index in [0.29, 0.717) is 32.5 Å². The lowest BCUT2D eigenvalue weighted by Gasteiger charge is -2.41. The highest BCUT2D eigenvalue weighted by Crippen LogP contribution is 2.47. The average molecular weight is 348 g/mol. The van der Waals surface area contributed by atoms with Crippen LogP contribution in [0.2, 0.25) is 0 Å². The first-order valence-corrected chi connectivity index (χ1v) is 8.71. The summed E-state index contributed by atoms with van der Waals surface area (Å²) in [4.78, 5) is 26.4. The number of hydrogen-bond donors (Lipinski definition) is 1. The van der Waals surface area contributed by atoms with E-state index in [4.69, 9.17) is 4.74 Å². The van der Waals surface area contributed by atoms with Gasteiger partial charge in [0.2, 0.25) is 5.91 Å². The van der Waals surface area contributed by atoms with Crippen LogP contribution in [0, 0.1) is 11.2 Å². The third-order valence-corrected chi connectivity index (χ3v) is 5.10. The third kappa shape index (κ3) is 3.62. The van der Waals surface area contributed by atoms with Crippen LogP contribution in [0.15, 0.2) is 24.3 Å². The van der Waals surface area contributed by atoms with Crippen LogP contribution >= 0.6 is 0 Å². The van der Waals surface area contributed by atoms with E-state index in [9.17, 15) is 14.0 Å². The quantitative estimate of drug-likeness (QED) is 0.849. The third-order valence-electron chi connectivity index (χ3n) is 5.10. The van der Waals surface area contributed by atoms with Crippen LogP contribution in [0.3, 0.4) is 0 Å². The van der Waals surface area contributed by atoms with Crippen molar-refractivity contribution < 1.29 is 18.7 Å². The van der Waals surface area contributed by atoms with Gasteiger partial charge < -0.3 is 15.0 Å². The van der Waals surface area contributed by atoms with Crippen molar-refractivity contribution in [1.29, 1.82) is 0 Å². The maximum absolute atomic E-state index is 13.2. The van der Waals surface area contributed by atoms with E-state index in [-0.39, 0.29) is 29.2 Å². The minimum atomic E-state index is -0.520. The molecule has 2 heterocycles. The molecule has 2 aliphatic heterocycles. The number of nitrogens with zero attached hydrogens (tertiary/aromatic N) is 1. The van der Waals surface area contributed by atoms with Gasteiger partial charge in [0.05, 0.1) is 5.92 Å². The molecule has 1 N–H and O–H groups in total. The van der Waals surface area contributed by atoms with Crippen LogP contribution in [0.5, 0.6) is 0 Å². The van der Waals surface area contributed by atoms with Crippen LogP contribution in [-0.2, 0) is 9.53 Å². The average Bonchev–Trinajstić information content (AvgIpc) is 2.84. The molecule has 1 spiro atoms. The van der Waals surface area contributed by atoms with Crippen molar-refractivity contribution in [3.8, 4) is 0 Å². The Morgan fingerprint density at radius 1 is 1.24 bits per heavy atom. The Bertz CT molecular complexity index is 658. The maximum Gasteiger partial charge on any atom is 0.410 e. The Balaban J connectivity index is 1.73. The number of carbonyl (C=O) groups is 2. The molecule has 0 aromatic heterocycles. The minimum absolute atomic E-state index is 0.0164. The molecule has 1 aromatic rings. The van der Waals surface area contributed by atoms with Gasteiger partial charge in [0.15, 0.2) is 0 Å². The first kappa shape index (κ1) is 17.7. The van der Waals surface area contributed by atoms with Crippen molar-refractivity contribution in [3.05, 3.63) is 35.6 Å². The topological polar surface area (TPSA) is 58.6 Å². The van der Waals surface area contributed by atoms with Gasteiger partial charge in [-0.05, 0) is 51.3 Å². The lowest BCUT2D eigenvalue weighted by molar-refractivity contribution is -0.121. The summed E-state index contributed by atoms with van der Waals surface area (Å²) in [6, 6.07) is 6.16. The van der Waals surface area contributed by atoms with Crippen LogP contribution in [0.4, 0.5) is 9.18 Å². The zero-order chi connectivity index (χ0) is 18.2. The molecule has 25 heavy (non-hydrogen) atoms. The Morgan fingerprint density at radius 2 is 1.84 bits per heavy atom. The lowest BCUT2D eigenvalue weighted by Crippen LogP contribution is -2.47. The van der Waals surface area contributed by atoms with Gasteiger partial charge in [0, 0.05) is 25.0 Å². The van der Waals surface area contributed by atoms with Crippen molar-refractivity contribution in [1.82, 2.24) is 10.2 Å². The molecule has 1 aromatic carbocycles. The predicted molar refractivity (Wildman–Crippen MR) is 91.6 cm³/mol. The molecule has 0 unspecified atom stereocenters. The predicted octanol–water partition coefficient (Wildman–Crippen LogP) is 3.06. The van der Waals surface area contributed by atoms with E-state index in [1.54, 1.807) is 17.0 Å². The van der Waals surface area contributed by atoms with Crippen molar-refractivity contribution in [2.75, 3.05) is 19.6 Å². The normalized spacial score (nSPS) is 22.8. The van der Waals surface area contributed by atoms with Gasteiger partial charge in [0.25, 0.3) is 0 Å². The SMILES string of the molecule is CC(C)(C)OC(=O)N1CCC2(CC1)CNC(=O)[C@@H]2c1ccc(F)cc1. The fraction of sp³-hybridized carbons (Fsp3) is 0.579. The number of benzene rings is 1. The molecular weight excluding hydrogens is 323 g/mol. The summed E-state index contributed by atoms with van der Waals surface area (Å²) in [6.07, 6.45) is 1.12. The molecule has 2 saturated heterocycles. The summed E-state index contributed by atoms with van der Waals surface area (Å²) >= 11 is 0. The van der Waals surface area contributed by atoms with Gasteiger partial charge >= 0.3 is 6.09 Å². The van der Waals surface area contributed by atoms with Crippen molar-refractivity contribution in [3.63, 3.8) is 0 Å². The molecule has 0 aliphatic carbocycles. The number of halogens is 1. The fourth-order valence-electron chi connectivity index (χ4n) is 3.83. The monoisotopic (exact) mass is 348 g/mol. The van der Waals surface area contributed by atoms with E-state index in [0.717, 1.165) is 5.56 Å². The molecule has 136 valence electrons. The van der Waals surface area contributed by atoms with E-state index in [1.165, 1.54) is 12.1 Å². The van der Waals surface area contributed by atoms with Gasteiger partial charge in [-0.3, -0.25) is 4.79 Å². The van der Waals surface area contributed by atoms with Crippen LogP contribution in [-0.4, -0.2) is 42.1 Å². The van der Waals surface area contributed by atoms with Crippen molar-refractivity contribution in [2.24, 2.45) is 5.41 Å². The molecule has 2 fully saturated rings. The van der Waals surface area contributed by atoms with Crippen LogP contribution in [0.1, 0.15) is 45.1 Å². The number of nitrogens with one attached hydrogen (secondary N) is 1. The molecule has 1 atom stereocenters. The Labute approximate surface area is 147 Å².